The number of rotatable bonds is 1. The zero-order chi connectivity index (χ0) is 12.0. The van der Waals surface area contributed by atoms with Crippen LogP contribution in [-0.4, -0.2) is 19.9 Å². The molecular weight excluding hydrogens is 238 g/mol. The SMILES string of the molecule is NS(=O)(=O)C1NCCc2c1[nH]c1ccccc21. The fourth-order valence-corrected chi connectivity index (χ4v) is 3.30. The largest absolute Gasteiger partial charge is 0.356 e. The molecule has 2 heterocycles. The number of fused-ring (bicyclic) bond motifs is 3. The molecule has 0 saturated heterocycles. The number of aromatic amines is 1. The van der Waals surface area contributed by atoms with Crippen molar-refractivity contribution in [1.29, 1.82) is 0 Å². The number of benzene rings is 1. The van der Waals surface area contributed by atoms with Gasteiger partial charge >= 0.3 is 0 Å². The van der Waals surface area contributed by atoms with E-state index in [-0.39, 0.29) is 0 Å². The predicted molar refractivity (Wildman–Crippen MR) is 65.9 cm³/mol. The summed E-state index contributed by atoms with van der Waals surface area (Å²) in [6.07, 6.45) is 0.811. The van der Waals surface area contributed by atoms with E-state index in [0.717, 1.165) is 22.9 Å². The second kappa shape index (κ2) is 3.56. The minimum atomic E-state index is -3.63. The van der Waals surface area contributed by atoms with Gasteiger partial charge in [0.2, 0.25) is 10.0 Å². The average Bonchev–Trinajstić information content (AvgIpc) is 2.65. The molecule has 1 aliphatic heterocycles. The van der Waals surface area contributed by atoms with Gasteiger partial charge in [0.05, 0.1) is 5.69 Å². The van der Waals surface area contributed by atoms with Gasteiger partial charge in [0.25, 0.3) is 0 Å². The Balaban J connectivity index is 2.28. The number of hydrogen-bond acceptors (Lipinski definition) is 3. The van der Waals surface area contributed by atoms with Gasteiger partial charge in [0.1, 0.15) is 0 Å². The van der Waals surface area contributed by atoms with Crippen molar-refractivity contribution in [1.82, 2.24) is 10.3 Å². The first-order chi connectivity index (χ1) is 8.07. The summed E-state index contributed by atoms with van der Waals surface area (Å²) >= 11 is 0. The Bertz CT molecular complexity index is 675. The Morgan fingerprint density at radius 3 is 2.82 bits per heavy atom. The smallest absolute Gasteiger partial charge is 0.230 e. The van der Waals surface area contributed by atoms with Gasteiger partial charge in [0.15, 0.2) is 5.37 Å². The summed E-state index contributed by atoms with van der Waals surface area (Å²) in [5, 5.41) is 8.43. The summed E-state index contributed by atoms with van der Waals surface area (Å²) in [5.74, 6) is 0. The third-order valence-electron chi connectivity index (χ3n) is 3.14. The first kappa shape index (κ1) is 10.8. The number of hydrogen-bond donors (Lipinski definition) is 3. The van der Waals surface area contributed by atoms with Crippen molar-refractivity contribution in [2.24, 2.45) is 5.14 Å². The van der Waals surface area contributed by atoms with Crippen molar-refractivity contribution in [3.63, 3.8) is 0 Å². The van der Waals surface area contributed by atoms with Crippen LogP contribution in [0.25, 0.3) is 10.9 Å². The van der Waals surface area contributed by atoms with E-state index in [1.54, 1.807) is 0 Å². The number of sulfonamides is 1. The summed E-state index contributed by atoms with van der Waals surface area (Å²) < 4.78 is 23.0. The Hall–Kier alpha value is -1.37. The van der Waals surface area contributed by atoms with E-state index in [1.807, 2.05) is 24.3 Å². The van der Waals surface area contributed by atoms with Gasteiger partial charge in [-0.15, -0.1) is 0 Å². The molecular formula is C11H13N3O2S. The number of nitrogens with one attached hydrogen (secondary N) is 2. The van der Waals surface area contributed by atoms with Crippen molar-refractivity contribution in [3.8, 4) is 0 Å². The summed E-state index contributed by atoms with van der Waals surface area (Å²) in [5.41, 5.74) is 2.69. The maximum Gasteiger partial charge on any atom is 0.230 e. The van der Waals surface area contributed by atoms with Crippen molar-refractivity contribution in [2.45, 2.75) is 11.8 Å². The predicted octanol–water partition coefficient (Wildman–Crippen LogP) is 0.601. The molecule has 0 amide bonds. The third kappa shape index (κ3) is 1.65. The average molecular weight is 251 g/mol. The molecule has 4 N–H and O–H groups in total. The molecule has 1 unspecified atom stereocenters. The Labute approximate surface area is 99.1 Å². The summed E-state index contributed by atoms with van der Waals surface area (Å²) in [7, 11) is -3.63. The standard InChI is InChI=1S/C11H13N3O2S/c12-17(15,16)11-10-8(5-6-13-11)7-3-1-2-4-9(7)14-10/h1-4,11,13-14H,5-6H2,(H2,12,15,16). The molecule has 0 aliphatic carbocycles. The monoisotopic (exact) mass is 251 g/mol. The lowest BCUT2D eigenvalue weighted by Crippen LogP contribution is -2.38. The minimum absolute atomic E-state index is 0.621. The number of H-pyrrole nitrogens is 1. The van der Waals surface area contributed by atoms with Crippen LogP contribution < -0.4 is 10.5 Å². The highest BCUT2D eigenvalue weighted by molar-refractivity contribution is 7.89. The van der Waals surface area contributed by atoms with Crippen molar-refractivity contribution in [3.05, 3.63) is 35.5 Å². The third-order valence-corrected chi connectivity index (χ3v) is 4.20. The first-order valence-electron chi connectivity index (χ1n) is 5.42. The molecule has 17 heavy (non-hydrogen) atoms. The van der Waals surface area contributed by atoms with Gasteiger partial charge in [-0.05, 0) is 18.1 Å². The van der Waals surface area contributed by atoms with Gasteiger partial charge < -0.3 is 4.98 Å². The van der Waals surface area contributed by atoms with Crippen LogP contribution in [0.3, 0.4) is 0 Å². The lowest BCUT2D eigenvalue weighted by molar-refractivity contribution is 0.540. The second-order valence-electron chi connectivity index (χ2n) is 4.24. The van der Waals surface area contributed by atoms with Crippen LogP contribution in [0.5, 0.6) is 0 Å². The summed E-state index contributed by atoms with van der Waals surface area (Å²) in [6, 6.07) is 7.80. The number of para-hydroxylation sites is 1. The number of primary sulfonamides is 1. The van der Waals surface area contributed by atoms with E-state index in [9.17, 15) is 8.42 Å². The highest BCUT2D eigenvalue weighted by Gasteiger charge is 2.31. The highest BCUT2D eigenvalue weighted by Crippen LogP contribution is 2.31. The summed E-state index contributed by atoms with van der Waals surface area (Å²) in [4.78, 5) is 3.15. The minimum Gasteiger partial charge on any atom is -0.356 e. The molecule has 6 heteroatoms. The molecule has 90 valence electrons. The molecule has 1 aliphatic rings. The topological polar surface area (TPSA) is 88.0 Å². The van der Waals surface area contributed by atoms with Crippen molar-refractivity contribution < 1.29 is 8.42 Å². The normalized spacial score (nSPS) is 20.4. The molecule has 0 radical (unpaired) electrons. The highest BCUT2D eigenvalue weighted by atomic mass is 32.2. The van der Waals surface area contributed by atoms with Crippen LogP contribution in [0, 0.1) is 0 Å². The Morgan fingerprint density at radius 2 is 2.06 bits per heavy atom. The van der Waals surface area contributed by atoms with Crippen LogP contribution in [0.4, 0.5) is 0 Å². The van der Waals surface area contributed by atoms with Gasteiger partial charge in [-0.1, -0.05) is 18.2 Å². The molecule has 1 atom stereocenters. The van der Waals surface area contributed by atoms with E-state index < -0.39 is 15.4 Å². The first-order valence-corrected chi connectivity index (χ1v) is 7.03. The molecule has 0 fully saturated rings. The Morgan fingerprint density at radius 1 is 1.29 bits per heavy atom. The zero-order valence-corrected chi connectivity index (χ0v) is 9.92. The van der Waals surface area contributed by atoms with Crippen LogP contribution >= 0.6 is 0 Å². The van der Waals surface area contributed by atoms with Gasteiger partial charge in [-0.25, -0.2) is 13.6 Å². The fraction of sp³-hybridized carbons (Fsp3) is 0.273. The van der Waals surface area contributed by atoms with E-state index in [0.29, 0.717) is 12.2 Å². The Kier molecular flexibility index (Phi) is 2.25. The maximum atomic E-state index is 11.5. The zero-order valence-electron chi connectivity index (χ0n) is 9.10. The van der Waals surface area contributed by atoms with E-state index in [4.69, 9.17) is 5.14 Å². The molecule has 3 rings (SSSR count). The van der Waals surface area contributed by atoms with Crippen LogP contribution in [0.15, 0.2) is 24.3 Å². The maximum absolute atomic E-state index is 11.5. The van der Waals surface area contributed by atoms with E-state index >= 15 is 0 Å². The van der Waals surface area contributed by atoms with Crippen LogP contribution in [0.2, 0.25) is 0 Å². The number of aromatic nitrogens is 1. The van der Waals surface area contributed by atoms with Crippen LogP contribution in [0.1, 0.15) is 16.6 Å². The molecule has 1 aromatic carbocycles. The van der Waals surface area contributed by atoms with Crippen molar-refractivity contribution >= 4 is 20.9 Å². The molecule has 0 bridgehead atoms. The lowest BCUT2D eigenvalue weighted by atomic mass is 10.0. The lowest BCUT2D eigenvalue weighted by Gasteiger charge is -2.22. The fourth-order valence-electron chi connectivity index (χ4n) is 2.42. The second-order valence-corrected chi connectivity index (χ2v) is 5.89. The van der Waals surface area contributed by atoms with E-state index in [2.05, 4.69) is 10.3 Å². The van der Waals surface area contributed by atoms with Gasteiger partial charge in [-0.2, -0.15) is 0 Å². The molecule has 2 aromatic rings. The molecule has 0 saturated carbocycles. The molecule has 1 aromatic heterocycles. The molecule has 0 spiro atoms. The quantitative estimate of drug-likeness (QED) is 0.693. The van der Waals surface area contributed by atoms with E-state index in [1.165, 1.54) is 0 Å². The summed E-state index contributed by atoms with van der Waals surface area (Å²) in [6.45, 7) is 0.621. The van der Waals surface area contributed by atoms with Crippen molar-refractivity contribution in [2.75, 3.05) is 6.54 Å². The van der Waals surface area contributed by atoms with Crippen LogP contribution in [-0.2, 0) is 16.4 Å². The molecule has 5 nitrogen and oxygen atoms in total. The van der Waals surface area contributed by atoms with Gasteiger partial charge in [-0.3, -0.25) is 5.32 Å². The van der Waals surface area contributed by atoms with Gasteiger partial charge in [0, 0.05) is 17.4 Å². The number of nitrogens with two attached hydrogens (primary N) is 1.